The van der Waals surface area contributed by atoms with Gasteiger partial charge in [0.05, 0.1) is 18.4 Å². The Labute approximate surface area is 204 Å². The van der Waals surface area contributed by atoms with Crippen LogP contribution in [0, 0.1) is 5.41 Å². The Morgan fingerprint density at radius 2 is 1.94 bits per heavy atom. The summed E-state index contributed by atoms with van der Waals surface area (Å²) in [6.07, 6.45) is 3.76. The van der Waals surface area contributed by atoms with Gasteiger partial charge < -0.3 is 28.3 Å². The highest BCUT2D eigenvalue weighted by molar-refractivity contribution is 6.00. The van der Waals surface area contributed by atoms with E-state index in [1.807, 2.05) is 31.2 Å². The fraction of sp³-hybridized carbons (Fsp3) is 0.407. The van der Waals surface area contributed by atoms with Crippen molar-refractivity contribution < 1.29 is 28.8 Å². The second-order valence-electron chi connectivity index (χ2n) is 8.96. The third-order valence-corrected chi connectivity index (χ3v) is 6.66. The molecule has 8 nitrogen and oxygen atoms in total. The summed E-state index contributed by atoms with van der Waals surface area (Å²) in [7, 11) is 0. The van der Waals surface area contributed by atoms with Crippen LogP contribution in [0.2, 0.25) is 0 Å². The molecule has 3 heterocycles. The highest BCUT2D eigenvalue weighted by atomic mass is 16.7. The summed E-state index contributed by atoms with van der Waals surface area (Å²) in [5.74, 6) is 3.55. The van der Waals surface area contributed by atoms with Gasteiger partial charge in [-0.1, -0.05) is 19.1 Å². The molecule has 0 saturated carbocycles. The Morgan fingerprint density at radius 1 is 1.11 bits per heavy atom. The van der Waals surface area contributed by atoms with Gasteiger partial charge in [0.15, 0.2) is 17.3 Å². The first kappa shape index (κ1) is 23.2. The number of ether oxygens (including phenoxy) is 4. The molecule has 0 aliphatic carbocycles. The molecule has 2 aliphatic rings. The molecule has 1 fully saturated rings. The molecule has 0 radical (unpaired) electrons. The number of rotatable bonds is 8. The zero-order valence-corrected chi connectivity index (χ0v) is 20.0. The maximum absolute atomic E-state index is 8.07. The Hall–Kier alpha value is -3.52. The average molecular weight is 479 g/mol. The second kappa shape index (κ2) is 10.4. The van der Waals surface area contributed by atoms with Crippen LogP contribution in [0.25, 0.3) is 11.0 Å². The van der Waals surface area contributed by atoms with E-state index in [2.05, 4.69) is 17.0 Å². The van der Waals surface area contributed by atoms with Crippen LogP contribution in [-0.4, -0.2) is 49.7 Å². The quantitative estimate of drug-likeness (QED) is 0.291. The van der Waals surface area contributed by atoms with Crippen molar-refractivity contribution in [1.29, 1.82) is 5.41 Å². The molecule has 5 rings (SSSR count). The summed E-state index contributed by atoms with van der Waals surface area (Å²) in [6.45, 7) is 5.98. The highest BCUT2D eigenvalue weighted by Gasteiger charge is 2.23. The summed E-state index contributed by atoms with van der Waals surface area (Å²) in [5, 5.41) is 14.6. The normalized spacial score (nSPS) is 15.9. The third kappa shape index (κ3) is 5.27. The maximum atomic E-state index is 8.07. The van der Waals surface area contributed by atoms with Crippen molar-refractivity contribution in [2.75, 3.05) is 33.0 Å². The van der Waals surface area contributed by atoms with Gasteiger partial charge in [-0.05, 0) is 68.1 Å². The molecule has 8 heteroatoms. The minimum absolute atomic E-state index is 0.101. The number of hydrogen-bond donors (Lipinski definition) is 2. The third-order valence-electron chi connectivity index (χ3n) is 6.66. The number of benzene rings is 2. The van der Waals surface area contributed by atoms with E-state index >= 15 is 0 Å². The molecule has 184 valence electrons. The predicted octanol–water partition coefficient (Wildman–Crippen LogP) is 3.72. The zero-order chi connectivity index (χ0) is 24.2. The van der Waals surface area contributed by atoms with Gasteiger partial charge in [0, 0.05) is 12.6 Å². The van der Waals surface area contributed by atoms with E-state index in [9.17, 15) is 0 Å². The van der Waals surface area contributed by atoms with Gasteiger partial charge in [0.2, 0.25) is 6.79 Å². The SMILES string of the molecule is CCC(=[NH2+])OC(=N)c1cc2c(OCCCN3CCC(c4ccc5c(c4)OCO5)CC3)cccc2o1. The molecule has 0 spiro atoms. The molecule has 1 aromatic heterocycles. The van der Waals surface area contributed by atoms with E-state index in [4.69, 9.17) is 34.2 Å². The van der Waals surface area contributed by atoms with E-state index in [1.165, 1.54) is 5.56 Å². The highest BCUT2D eigenvalue weighted by Crippen LogP contribution is 2.37. The molecule has 2 aromatic carbocycles. The first-order chi connectivity index (χ1) is 17.1. The minimum Gasteiger partial charge on any atom is -0.493 e. The number of furan rings is 1. The van der Waals surface area contributed by atoms with Crippen LogP contribution >= 0.6 is 0 Å². The number of likely N-dealkylation sites (tertiary alicyclic amines) is 1. The topological polar surface area (TPSA) is 103 Å². The summed E-state index contributed by atoms with van der Waals surface area (Å²) in [4.78, 5) is 2.51. The lowest BCUT2D eigenvalue weighted by atomic mass is 9.89. The van der Waals surface area contributed by atoms with Gasteiger partial charge in [-0.25, -0.2) is 5.41 Å². The first-order valence-corrected chi connectivity index (χ1v) is 12.3. The molecular weight excluding hydrogens is 446 g/mol. The average Bonchev–Trinajstić information content (AvgIpc) is 3.54. The number of nitrogens with two attached hydrogens (primary N) is 1. The van der Waals surface area contributed by atoms with Gasteiger partial charge in [-0.2, -0.15) is 0 Å². The summed E-state index contributed by atoms with van der Waals surface area (Å²) < 4.78 is 28.1. The van der Waals surface area contributed by atoms with Crippen molar-refractivity contribution in [3.8, 4) is 17.2 Å². The lowest BCUT2D eigenvalue weighted by molar-refractivity contribution is -0.135. The molecule has 2 aliphatic heterocycles. The van der Waals surface area contributed by atoms with Crippen molar-refractivity contribution in [2.24, 2.45) is 0 Å². The van der Waals surface area contributed by atoms with Gasteiger partial charge in [-0.3, -0.25) is 5.41 Å². The van der Waals surface area contributed by atoms with E-state index < -0.39 is 0 Å². The van der Waals surface area contributed by atoms with E-state index in [-0.39, 0.29) is 11.8 Å². The zero-order valence-electron chi connectivity index (χ0n) is 20.0. The Kier molecular flexibility index (Phi) is 6.90. The van der Waals surface area contributed by atoms with Gasteiger partial charge in [-0.15, -0.1) is 0 Å². The van der Waals surface area contributed by atoms with Crippen LogP contribution < -0.4 is 19.6 Å². The van der Waals surface area contributed by atoms with Gasteiger partial charge >= 0.3 is 5.90 Å². The van der Waals surface area contributed by atoms with E-state index in [0.717, 1.165) is 61.5 Å². The van der Waals surface area contributed by atoms with Crippen LogP contribution in [0.15, 0.2) is 46.9 Å². The smallest absolute Gasteiger partial charge is 0.339 e. The Balaban J connectivity index is 1.09. The Morgan fingerprint density at radius 3 is 2.77 bits per heavy atom. The number of hydrogen-bond acceptors (Lipinski definition) is 7. The maximum Gasteiger partial charge on any atom is 0.339 e. The number of fused-ring (bicyclic) bond motifs is 2. The van der Waals surface area contributed by atoms with Crippen LogP contribution in [0.4, 0.5) is 0 Å². The lowest BCUT2D eigenvalue weighted by Gasteiger charge is -2.32. The van der Waals surface area contributed by atoms with Crippen molar-refractivity contribution in [1.82, 2.24) is 4.90 Å². The predicted molar refractivity (Wildman–Crippen MR) is 132 cm³/mol. The summed E-state index contributed by atoms with van der Waals surface area (Å²) in [6, 6.07) is 13.8. The van der Waals surface area contributed by atoms with Crippen LogP contribution in [-0.2, 0) is 4.74 Å². The molecule has 1 saturated heterocycles. The van der Waals surface area contributed by atoms with Crippen LogP contribution in [0.5, 0.6) is 17.2 Å². The molecule has 35 heavy (non-hydrogen) atoms. The van der Waals surface area contributed by atoms with Crippen molar-refractivity contribution >= 4 is 22.8 Å². The van der Waals surface area contributed by atoms with Crippen molar-refractivity contribution in [2.45, 2.75) is 38.5 Å². The Bertz CT molecular complexity index is 1210. The molecule has 3 N–H and O–H groups in total. The van der Waals surface area contributed by atoms with E-state index in [0.29, 0.717) is 37.1 Å². The van der Waals surface area contributed by atoms with Gasteiger partial charge in [0.1, 0.15) is 11.3 Å². The number of nitrogens with zero attached hydrogens (tertiary/aromatic N) is 1. The van der Waals surface area contributed by atoms with Crippen LogP contribution in [0.1, 0.15) is 49.8 Å². The second-order valence-corrected chi connectivity index (χ2v) is 8.96. The van der Waals surface area contributed by atoms with Crippen LogP contribution in [0.3, 0.4) is 0 Å². The number of piperidine rings is 1. The fourth-order valence-corrected chi connectivity index (χ4v) is 4.65. The molecule has 0 unspecified atom stereocenters. The standard InChI is InChI=1S/C27H31N3O5/c1-2-26(28)35-27(29)25-16-20-21(5-3-6-22(20)34-25)31-14-4-11-30-12-9-18(10-13-30)19-7-8-23-24(15-19)33-17-32-23/h3,5-8,15-16,18,28-29H,2,4,9-14,17H2,1H3/p+1. The fourth-order valence-electron chi connectivity index (χ4n) is 4.65. The monoisotopic (exact) mass is 478 g/mol. The van der Waals surface area contributed by atoms with Gasteiger partial charge in [0.25, 0.3) is 5.90 Å². The van der Waals surface area contributed by atoms with E-state index in [1.54, 1.807) is 6.07 Å². The molecule has 3 aromatic rings. The lowest BCUT2D eigenvalue weighted by Crippen LogP contribution is -2.42. The van der Waals surface area contributed by atoms with Crippen molar-refractivity contribution in [3.05, 3.63) is 53.8 Å². The molecule has 0 bridgehead atoms. The molecular formula is C27H32N3O5+. The molecule has 0 atom stereocenters. The first-order valence-electron chi connectivity index (χ1n) is 12.3. The molecule has 0 amide bonds. The largest absolute Gasteiger partial charge is 0.493 e. The number of nitrogens with one attached hydrogen (secondary N) is 1. The van der Waals surface area contributed by atoms with Crippen molar-refractivity contribution in [3.63, 3.8) is 0 Å². The minimum atomic E-state index is -0.101. The summed E-state index contributed by atoms with van der Waals surface area (Å²) in [5.41, 5.74) is 2.00. The summed E-state index contributed by atoms with van der Waals surface area (Å²) >= 11 is 0.